The minimum Gasteiger partial charge on any atom is -0.340 e. The molecule has 2 aliphatic rings. The largest absolute Gasteiger partial charge is 0.340 e. The third-order valence-corrected chi connectivity index (χ3v) is 5.73. The van der Waals surface area contributed by atoms with Gasteiger partial charge in [0.2, 0.25) is 5.91 Å². The molecule has 26 heavy (non-hydrogen) atoms. The highest BCUT2D eigenvalue weighted by Gasteiger charge is 2.40. The molecule has 6 heteroatoms. The zero-order valence-corrected chi connectivity index (χ0v) is 17.6. The van der Waals surface area contributed by atoms with Crippen molar-refractivity contribution in [1.82, 2.24) is 9.80 Å². The van der Waals surface area contributed by atoms with Gasteiger partial charge in [0.15, 0.2) is 0 Å². The van der Waals surface area contributed by atoms with E-state index in [0.717, 1.165) is 58.4 Å². The van der Waals surface area contributed by atoms with Crippen LogP contribution in [0.3, 0.4) is 0 Å². The predicted molar refractivity (Wildman–Crippen MR) is 112 cm³/mol. The van der Waals surface area contributed by atoms with E-state index in [1.807, 2.05) is 4.90 Å². The summed E-state index contributed by atoms with van der Waals surface area (Å²) in [6.07, 6.45) is 4.21. The van der Waals surface area contributed by atoms with E-state index < -0.39 is 0 Å². The number of nitrogens with zero attached hydrogens (tertiary/aromatic N) is 2. The number of hydrogen-bond acceptors (Lipinski definition) is 3. The standard InChI is InChI=1S/C20H31N3O.2ClH/c1-16-6-5-7-17(14-16)15-22-10-12-23(13-11-22)19(24)18-8-3-4-9-20(18,2)21;;/h5-7,14,18H,3-4,8-13,15,21H2,1-2H3;2*1H. The molecule has 2 atom stereocenters. The van der Waals surface area contributed by atoms with Gasteiger partial charge < -0.3 is 10.6 Å². The minimum atomic E-state index is -0.325. The molecule has 1 saturated heterocycles. The van der Waals surface area contributed by atoms with E-state index in [0.29, 0.717) is 0 Å². The maximum Gasteiger partial charge on any atom is 0.227 e. The van der Waals surface area contributed by atoms with Gasteiger partial charge >= 0.3 is 0 Å². The second-order valence-electron chi connectivity index (χ2n) is 7.89. The number of carbonyl (C=O) groups is 1. The van der Waals surface area contributed by atoms with Gasteiger partial charge in [-0.1, -0.05) is 42.7 Å². The van der Waals surface area contributed by atoms with E-state index in [1.54, 1.807) is 0 Å². The molecule has 148 valence electrons. The third-order valence-electron chi connectivity index (χ3n) is 5.73. The van der Waals surface area contributed by atoms with E-state index in [-0.39, 0.29) is 42.2 Å². The first kappa shape index (κ1) is 23.2. The van der Waals surface area contributed by atoms with Crippen LogP contribution in [0.5, 0.6) is 0 Å². The first-order valence-electron chi connectivity index (χ1n) is 9.31. The first-order valence-corrected chi connectivity index (χ1v) is 9.31. The fourth-order valence-corrected chi connectivity index (χ4v) is 4.18. The normalized spacial score (nSPS) is 26.6. The maximum absolute atomic E-state index is 12.9. The number of carbonyl (C=O) groups excluding carboxylic acids is 1. The Balaban J connectivity index is 0.00000169. The van der Waals surface area contributed by atoms with Crippen molar-refractivity contribution in [3.63, 3.8) is 0 Å². The molecule has 0 aromatic heterocycles. The number of amides is 1. The molecule has 2 N–H and O–H groups in total. The first-order chi connectivity index (χ1) is 11.5. The number of halogens is 2. The van der Waals surface area contributed by atoms with Crippen LogP contribution in [0.1, 0.15) is 43.7 Å². The van der Waals surface area contributed by atoms with Crippen molar-refractivity contribution >= 4 is 30.7 Å². The Morgan fingerprint density at radius 2 is 1.88 bits per heavy atom. The molecule has 1 aliphatic heterocycles. The van der Waals surface area contributed by atoms with Crippen LogP contribution in [0.4, 0.5) is 0 Å². The highest BCUT2D eigenvalue weighted by atomic mass is 35.5. The molecule has 0 spiro atoms. The summed E-state index contributed by atoms with van der Waals surface area (Å²) in [6.45, 7) is 8.73. The van der Waals surface area contributed by atoms with Crippen molar-refractivity contribution in [2.75, 3.05) is 26.2 Å². The Hall–Kier alpha value is -0.810. The van der Waals surface area contributed by atoms with Crippen LogP contribution in [0, 0.1) is 12.8 Å². The molecule has 0 bridgehead atoms. The van der Waals surface area contributed by atoms with Gasteiger partial charge in [-0.05, 0) is 32.3 Å². The zero-order chi connectivity index (χ0) is 17.2. The topological polar surface area (TPSA) is 49.6 Å². The highest BCUT2D eigenvalue weighted by molar-refractivity contribution is 5.85. The van der Waals surface area contributed by atoms with Crippen LogP contribution < -0.4 is 5.73 Å². The number of aryl methyl sites for hydroxylation is 1. The van der Waals surface area contributed by atoms with Gasteiger partial charge in [-0.3, -0.25) is 9.69 Å². The van der Waals surface area contributed by atoms with Crippen LogP contribution in [0.2, 0.25) is 0 Å². The van der Waals surface area contributed by atoms with Crippen molar-refractivity contribution in [3.8, 4) is 0 Å². The average Bonchev–Trinajstić information content (AvgIpc) is 2.55. The SMILES string of the molecule is Cc1cccc(CN2CCN(C(=O)C3CCCCC3(C)N)CC2)c1.Cl.Cl. The molecular weight excluding hydrogens is 369 g/mol. The maximum atomic E-state index is 12.9. The van der Waals surface area contributed by atoms with Gasteiger partial charge in [0.1, 0.15) is 0 Å². The van der Waals surface area contributed by atoms with Crippen molar-refractivity contribution in [2.45, 2.75) is 51.6 Å². The zero-order valence-electron chi connectivity index (χ0n) is 15.9. The van der Waals surface area contributed by atoms with Gasteiger partial charge in [-0.15, -0.1) is 24.8 Å². The molecule has 1 amide bonds. The van der Waals surface area contributed by atoms with E-state index >= 15 is 0 Å². The molecule has 1 aromatic rings. The van der Waals surface area contributed by atoms with E-state index in [9.17, 15) is 4.79 Å². The monoisotopic (exact) mass is 401 g/mol. The van der Waals surface area contributed by atoms with Gasteiger partial charge in [0.05, 0.1) is 5.92 Å². The van der Waals surface area contributed by atoms with Crippen LogP contribution in [-0.4, -0.2) is 47.4 Å². The Kier molecular flexibility index (Phi) is 8.87. The second kappa shape index (κ2) is 9.93. The number of piperazine rings is 1. The quantitative estimate of drug-likeness (QED) is 0.843. The molecule has 3 rings (SSSR count). The molecule has 1 heterocycles. The summed E-state index contributed by atoms with van der Waals surface area (Å²) in [5.74, 6) is 0.296. The summed E-state index contributed by atoms with van der Waals surface area (Å²) in [5.41, 5.74) is 8.75. The lowest BCUT2D eigenvalue weighted by molar-refractivity contribution is -0.140. The van der Waals surface area contributed by atoms with E-state index in [2.05, 4.69) is 43.0 Å². The van der Waals surface area contributed by atoms with Crippen molar-refractivity contribution in [2.24, 2.45) is 11.7 Å². The van der Waals surface area contributed by atoms with E-state index in [4.69, 9.17) is 5.73 Å². The van der Waals surface area contributed by atoms with Crippen molar-refractivity contribution in [3.05, 3.63) is 35.4 Å². The van der Waals surface area contributed by atoms with Crippen LogP contribution in [-0.2, 0) is 11.3 Å². The minimum absolute atomic E-state index is 0. The number of hydrogen-bond donors (Lipinski definition) is 1. The Bertz CT molecular complexity index is 586. The smallest absolute Gasteiger partial charge is 0.227 e. The molecule has 2 fully saturated rings. The summed E-state index contributed by atoms with van der Waals surface area (Å²) >= 11 is 0. The summed E-state index contributed by atoms with van der Waals surface area (Å²) in [5, 5.41) is 0. The third kappa shape index (κ3) is 5.59. The lowest BCUT2D eigenvalue weighted by Crippen LogP contribution is -2.57. The van der Waals surface area contributed by atoms with Crippen LogP contribution in [0.25, 0.3) is 0 Å². The van der Waals surface area contributed by atoms with Crippen LogP contribution in [0.15, 0.2) is 24.3 Å². The molecule has 0 radical (unpaired) electrons. The van der Waals surface area contributed by atoms with Gasteiger partial charge in [0, 0.05) is 38.3 Å². The molecule has 1 saturated carbocycles. The lowest BCUT2D eigenvalue weighted by Gasteiger charge is -2.42. The highest BCUT2D eigenvalue weighted by Crippen LogP contribution is 2.33. The lowest BCUT2D eigenvalue weighted by atomic mass is 9.74. The van der Waals surface area contributed by atoms with Crippen molar-refractivity contribution in [1.29, 1.82) is 0 Å². The summed E-state index contributed by atoms with van der Waals surface area (Å²) in [6, 6.07) is 8.69. The Morgan fingerprint density at radius 3 is 2.50 bits per heavy atom. The molecule has 4 nitrogen and oxygen atoms in total. The Morgan fingerprint density at radius 1 is 1.19 bits per heavy atom. The van der Waals surface area contributed by atoms with Gasteiger partial charge in [-0.25, -0.2) is 0 Å². The Labute approximate surface area is 170 Å². The second-order valence-corrected chi connectivity index (χ2v) is 7.89. The van der Waals surface area contributed by atoms with Gasteiger partial charge in [0.25, 0.3) is 0 Å². The molecular formula is C20H33Cl2N3O. The van der Waals surface area contributed by atoms with Gasteiger partial charge in [-0.2, -0.15) is 0 Å². The molecule has 1 aliphatic carbocycles. The summed E-state index contributed by atoms with van der Waals surface area (Å²) in [7, 11) is 0. The number of rotatable bonds is 3. The molecule has 2 unspecified atom stereocenters. The van der Waals surface area contributed by atoms with Crippen molar-refractivity contribution < 1.29 is 4.79 Å². The predicted octanol–water partition coefficient (Wildman–Crippen LogP) is 3.39. The van der Waals surface area contributed by atoms with Crippen LogP contribution >= 0.6 is 24.8 Å². The summed E-state index contributed by atoms with van der Waals surface area (Å²) < 4.78 is 0. The average molecular weight is 402 g/mol. The van der Waals surface area contributed by atoms with E-state index in [1.165, 1.54) is 11.1 Å². The number of nitrogens with two attached hydrogens (primary N) is 1. The fraction of sp³-hybridized carbons (Fsp3) is 0.650. The fourth-order valence-electron chi connectivity index (χ4n) is 4.18. The number of benzene rings is 1. The molecule has 1 aromatic carbocycles. The summed E-state index contributed by atoms with van der Waals surface area (Å²) in [4.78, 5) is 17.4.